The second kappa shape index (κ2) is 9.27. The number of rotatable bonds is 8. The van der Waals surface area contributed by atoms with Crippen molar-refractivity contribution >= 4 is 35.2 Å². The first kappa shape index (κ1) is 17.4. The minimum absolute atomic E-state index is 0.0366. The van der Waals surface area contributed by atoms with E-state index in [1.807, 2.05) is 24.3 Å². The lowest BCUT2D eigenvalue weighted by Gasteiger charge is -2.06. The molecule has 2 aromatic rings. The van der Waals surface area contributed by atoms with Gasteiger partial charge in [-0.15, -0.1) is 11.8 Å². The van der Waals surface area contributed by atoms with Gasteiger partial charge in [0.15, 0.2) is 0 Å². The van der Waals surface area contributed by atoms with E-state index in [9.17, 15) is 9.59 Å². The normalized spacial score (nSPS) is 10.3. The minimum atomic E-state index is -0.250. The third-order valence-corrected chi connectivity index (χ3v) is 4.16. The molecule has 5 nitrogen and oxygen atoms in total. The van der Waals surface area contributed by atoms with Gasteiger partial charge in [0.25, 0.3) is 0 Å². The molecule has 0 radical (unpaired) electrons. The lowest BCUT2D eigenvalue weighted by atomic mass is 10.4. The lowest BCUT2D eigenvalue weighted by Crippen LogP contribution is -2.36. The molecule has 0 aliphatic heterocycles. The molecule has 0 unspecified atom stereocenters. The summed E-state index contributed by atoms with van der Waals surface area (Å²) in [5.74, 6) is 0.908. The molecule has 2 amide bonds. The number of hydrogen-bond donors (Lipinski definition) is 2. The zero-order valence-corrected chi connectivity index (χ0v) is 14.0. The van der Waals surface area contributed by atoms with E-state index in [2.05, 4.69) is 10.6 Å². The quantitative estimate of drug-likeness (QED) is 0.717. The Labute approximate surface area is 143 Å². The van der Waals surface area contributed by atoms with E-state index in [1.165, 1.54) is 0 Å². The summed E-state index contributed by atoms with van der Waals surface area (Å²) in [6.07, 6.45) is 1.89. The van der Waals surface area contributed by atoms with E-state index in [1.54, 1.807) is 30.2 Å². The summed E-state index contributed by atoms with van der Waals surface area (Å²) >= 11 is 7.38. The highest BCUT2D eigenvalue weighted by molar-refractivity contribution is 7.99. The van der Waals surface area contributed by atoms with Crippen molar-refractivity contribution in [3.8, 4) is 0 Å². The van der Waals surface area contributed by atoms with Crippen LogP contribution in [0.1, 0.15) is 12.2 Å². The molecule has 2 rings (SSSR count). The average molecular weight is 353 g/mol. The fourth-order valence-corrected chi connectivity index (χ4v) is 2.70. The van der Waals surface area contributed by atoms with E-state index < -0.39 is 0 Å². The predicted molar refractivity (Wildman–Crippen MR) is 90.4 cm³/mol. The largest absolute Gasteiger partial charge is 0.467 e. The molecule has 0 aliphatic carbocycles. The van der Waals surface area contributed by atoms with Crippen LogP contribution in [0.15, 0.2) is 52.0 Å². The number of amides is 2. The molecule has 0 saturated heterocycles. The zero-order valence-electron chi connectivity index (χ0n) is 12.4. The van der Waals surface area contributed by atoms with Gasteiger partial charge in [0.1, 0.15) is 5.76 Å². The van der Waals surface area contributed by atoms with Gasteiger partial charge < -0.3 is 15.1 Å². The molecular formula is C16H17ClN2O3S. The van der Waals surface area contributed by atoms with Gasteiger partial charge in [-0.1, -0.05) is 11.6 Å². The lowest BCUT2D eigenvalue weighted by molar-refractivity contribution is -0.126. The predicted octanol–water partition coefficient (Wildman–Crippen LogP) is 2.85. The van der Waals surface area contributed by atoms with E-state index >= 15 is 0 Å². The van der Waals surface area contributed by atoms with Crippen LogP contribution in [-0.2, 0) is 16.1 Å². The fourth-order valence-electron chi connectivity index (χ4n) is 1.72. The van der Waals surface area contributed by atoms with Crippen LogP contribution in [0.5, 0.6) is 0 Å². The topological polar surface area (TPSA) is 71.3 Å². The van der Waals surface area contributed by atoms with Gasteiger partial charge in [-0.3, -0.25) is 9.59 Å². The number of nitrogens with one attached hydrogen (secondary N) is 2. The first-order valence-corrected chi connectivity index (χ1v) is 8.44. The van der Waals surface area contributed by atoms with Crippen molar-refractivity contribution in [2.24, 2.45) is 0 Å². The Kier molecular flexibility index (Phi) is 7.03. The van der Waals surface area contributed by atoms with Crippen LogP contribution >= 0.6 is 23.4 Å². The third-order valence-electron chi connectivity index (χ3n) is 2.90. The van der Waals surface area contributed by atoms with Gasteiger partial charge in [-0.05, 0) is 36.4 Å². The highest BCUT2D eigenvalue weighted by atomic mass is 35.5. The molecule has 122 valence electrons. The summed E-state index contributed by atoms with van der Waals surface area (Å²) in [5.41, 5.74) is 0. The van der Waals surface area contributed by atoms with Crippen molar-refractivity contribution in [1.29, 1.82) is 0 Å². The van der Waals surface area contributed by atoms with E-state index in [0.29, 0.717) is 29.5 Å². The van der Waals surface area contributed by atoms with Crippen molar-refractivity contribution in [2.45, 2.75) is 17.9 Å². The van der Waals surface area contributed by atoms with Crippen molar-refractivity contribution in [2.75, 3.05) is 12.3 Å². The molecule has 1 aromatic carbocycles. The van der Waals surface area contributed by atoms with Gasteiger partial charge in [0.2, 0.25) is 11.8 Å². The summed E-state index contributed by atoms with van der Waals surface area (Å²) in [7, 11) is 0. The van der Waals surface area contributed by atoms with Gasteiger partial charge in [0.05, 0.1) is 19.4 Å². The highest BCUT2D eigenvalue weighted by Crippen LogP contribution is 2.20. The molecular weight excluding hydrogens is 336 g/mol. The van der Waals surface area contributed by atoms with Crippen LogP contribution in [0.3, 0.4) is 0 Å². The molecule has 0 bridgehead atoms. The average Bonchev–Trinajstić information content (AvgIpc) is 3.06. The summed E-state index contributed by atoms with van der Waals surface area (Å²) in [5, 5.41) is 5.94. The molecule has 1 heterocycles. The van der Waals surface area contributed by atoms with Crippen LogP contribution in [0, 0.1) is 0 Å². The Balaban J connectivity index is 1.57. The van der Waals surface area contributed by atoms with Crippen LogP contribution in [0.25, 0.3) is 0 Å². The summed E-state index contributed by atoms with van der Waals surface area (Å²) in [6, 6.07) is 11.0. The highest BCUT2D eigenvalue weighted by Gasteiger charge is 2.06. The van der Waals surface area contributed by atoms with Crippen LogP contribution < -0.4 is 10.6 Å². The SMILES string of the molecule is O=C(CCSc1ccc(Cl)cc1)NCC(=O)NCc1ccco1. The number of hydrogen-bond acceptors (Lipinski definition) is 4. The van der Waals surface area contributed by atoms with Crippen molar-refractivity contribution in [3.63, 3.8) is 0 Å². The van der Waals surface area contributed by atoms with Gasteiger partial charge in [0, 0.05) is 22.1 Å². The molecule has 0 spiro atoms. The van der Waals surface area contributed by atoms with Crippen LogP contribution in [0.2, 0.25) is 5.02 Å². The van der Waals surface area contributed by atoms with Gasteiger partial charge in [-0.25, -0.2) is 0 Å². The Morgan fingerprint density at radius 3 is 2.57 bits per heavy atom. The maximum Gasteiger partial charge on any atom is 0.239 e. The number of furan rings is 1. The van der Waals surface area contributed by atoms with Gasteiger partial charge in [-0.2, -0.15) is 0 Å². The summed E-state index contributed by atoms with van der Waals surface area (Å²) in [4.78, 5) is 24.3. The van der Waals surface area contributed by atoms with E-state index in [4.69, 9.17) is 16.0 Å². The number of carbonyl (C=O) groups excluding carboxylic acids is 2. The Morgan fingerprint density at radius 1 is 1.09 bits per heavy atom. The van der Waals surface area contributed by atoms with E-state index in [0.717, 1.165) is 4.90 Å². The van der Waals surface area contributed by atoms with Crippen molar-refractivity contribution in [1.82, 2.24) is 10.6 Å². The summed E-state index contributed by atoms with van der Waals surface area (Å²) < 4.78 is 5.10. The molecule has 23 heavy (non-hydrogen) atoms. The first-order valence-electron chi connectivity index (χ1n) is 7.07. The molecule has 7 heteroatoms. The second-order valence-electron chi connectivity index (χ2n) is 4.69. The summed E-state index contributed by atoms with van der Waals surface area (Å²) in [6.45, 7) is 0.277. The molecule has 1 aromatic heterocycles. The molecule has 0 atom stereocenters. The molecule has 0 saturated carbocycles. The Hall–Kier alpha value is -1.92. The number of benzene rings is 1. The Bertz CT molecular complexity index is 629. The molecule has 2 N–H and O–H groups in total. The smallest absolute Gasteiger partial charge is 0.239 e. The Morgan fingerprint density at radius 2 is 1.87 bits per heavy atom. The van der Waals surface area contributed by atoms with Crippen LogP contribution in [0.4, 0.5) is 0 Å². The van der Waals surface area contributed by atoms with Crippen molar-refractivity contribution < 1.29 is 14.0 Å². The zero-order chi connectivity index (χ0) is 16.5. The molecule has 0 fully saturated rings. The number of halogens is 1. The van der Waals surface area contributed by atoms with Crippen molar-refractivity contribution in [3.05, 3.63) is 53.4 Å². The number of carbonyl (C=O) groups is 2. The monoisotopic (exact) mass is 352 g/mol. The van der Waals surface area contributed by atoms with Gasteiger partial charge >= 0.3 is 0 Å². The maximum atomic E-state index is 11.7. The van der Waals surface area contributed by atoms with Crippen LogP contribution in [-0.4, -0.2) is 24.1 Å². The number of thioether (sulfide) groups is 1. The third kappa shape index (κ3) is 6.80. The first-order chi connectivity index (χ1) is 11.1. The van der Waals surface area contributed by atoms with E-state index in [-0.39, 0.29) is 18.4 Å². The maximum absolute atomic E-state index is 11.7. The molecule has 0 aliphatic rings. The standard InChI is InChI=1S/C16H17ClN2O3S/c17-12-3-5-14(6-4-12)23-9-7-15(20)19-11-16(21)18-10-13-2-1-8-22-13/h1-6,8H,7,9-11H2,(H,18,21)(H,19,20). The second-order valence-corrected chi connectivity index (χ2v) is 6.29. The fraction of sp³-hybridized carbons (Fsp3) is 0.250. The minimum Gasteiger partial charge on any atom is -0.467 e.